The van der Waals surface area contributed by atoms with Crippen molar-refractivity contribution < 1.29 is 22.5 Å². The van der Waals surface area contributed by atoms with Crippen LogP contribution in [0.3, 0.4) is 0 Å². The van der Waals surface area contributed by atoms with Crippen LogP contribution in [0.1, 0.15) is 16.5 Å². The Labute approximate surface area is 64.4 Å². The lowest BCUT2D eigenvalue weighted by atomic mass is 10.4. The Morgan fingerprint density at radius 3 is 2.58 bits per heavy atom. The summed E-state index contributed by atoms with van der Waals surface area (Å²) in [6.07, 6.45) is -5.48. The number of aromatic nitrogens is 2. The number of hydrogen-bond acceptors (Lipinski definition) is 4. The maximum atomic E-state index is 11.6. The second-order valence-corrected chi connectivity index (χ2v) is 1.96. The molecule has 66 valence electrons. The summed E-state index contributed by atoms with van der Waals surface area (Å²) >= 11 is 0. The molecule has 0 radical (unpaired) electrons. The molecule has 0 spiro atoms. The lowest BCUT2D eigenvalue weighted by Gasteiger charge is -1.99. The Kier molecular flexibility index (Phi) is 2.11. The molecular formula is C5H3F3N2O2. The first-order valence-corrected chi connectivity index (χ1v) is 2.86. The second-order valence-electron chi connectivity index (χ2n) is 1.96. The van der Waals surface area contributed by atoms with E-state index >= 15 is 0 Å². The van der Waals surface area contributed by atoms with Crippen LogP contribution >= 0.6 is 0 Å². The van der Waals surface area contributed by atoms with Crippen molar-refractivity contribution in [1.29, 1.82) is 0 Å². The summed E-state index contributed by atoms with van der Waals surface area (Å²) in [5.41, 5.74) is 0. The number of carbonyl (C=O) groups is 1. The Balaban J connectivity index is 2.70. The third-order valence-corrected chi connectivity index (χ3v) is 0.943. The van der Waals surface area contributed by atoms with Gasteiger partial charge in [-0.3, -0.25) is 4.79 Å². The average Bonchev–Trinajstić information content (AvgIpc) is 2.32. The number of rotatable bonds is 2. The number of carbonyl (C=O) groups excluding carboxylic acids is 1. The van der Waals surface area contributed by atoms with Crippen LogP contribution < -0.4 is 0 Å². The van der Waals surface area contributed by atoms with Gasteiger partial charge in [0.15, 0.2) is 5.82 Å². The molecule has 0 atom stereocenters. The van der Waals surface area contributed by atoms with Crippen molar-refractivity contribution in [1.82, 2.24) is 10.1 Å². The molecule has 0 N–H and O–H groups in total. The molecule has 0 unspecified atom stereocenters. The molecule has 0 saturated heterocycles. The molecule has 0 bridgehead atoms. The first-order chi connectivity index (χ1) is 5.51. The Morgan fingerprint density at radius 2 is 2.17 bits per heavy atom. The Hall–Kier alpha value is -1.40. The minimum atomic E-state index is -4.38. The van der Waals surface area contributed by atoms with Crippen LogP contribution in [0.4, 0.5) is 13.2 Å². The van der Waals surface area contributed by atoms with Crippen molar-refractivity contribution in [3.8, 4) is 0 Å². The Bertz CT molecular complexity index is 280. The zero-order chi connectivity index (χ0) is 9.19. The van der Waals surface area contributed by atoms with Gasteiger partial charge in [0.05, 0.1) is 0 Å². The van der Waals surface area contributed by atoms with Crippen LogP contribution in [0.25, 0.3) is 0 Å². The van der Waals surface area contributed by atoms with E-state index in [0.717, 1.165) is 0 Å². The van der Waals surface area contributed by atoms with E-state index in [1.165, 1.54) is 0 Å². The molecule has 0 saturated carbocycles. The fourth-order valence-corrected chi connectivity index (χ4v) is 0.566. The van der Waals surface area contributed by atoms with Gasteiger partial charge in [-0.15, -0.1) is 0 Å². The summed E-state index contributed by atoms with van der Waals surface area (Å²) in [5, 5.41) is 2.94. The largest absolute Gasteiger partial charge is 0.396 e. The van der Waals surface area contributed by atoms with Gasteiger partial charge in [-0.25, -0.2) is 0 Å². The molecule has 0 fully saturated rings. The third-order valence-electron chi connectivity index (χ3n) is 0.943. The van der Waals surface area contributed by atoms with Crippen LogP contribution in [-0.2, 0) is 6.42 Å². The summed E-state index contributed by atoms with van der Waals surface area (Å²) in [6, 6.07) is 0. The van der Waals surface area contributed by atoms with Crippen LogP contribution in [0.2, 0.25) is 0 Å². The fourth-order valence-electron chi connectivity index (χ4n) is 0.566. The van der Waals surface area contributed by atoms with Crippen molar-refractivity contribution in [3.05, 3.63) is 11.7 Å². The van der Waals surface area contributed by atoms with Crippen molar-refractivity contribution >= 4 is 6.29 Å². The van der Waals surface area contributed by atoms with Gasteiger partial charge in [0.25, 0.3) is 5.89 Å². The molecule has 0 aliphatic carbocycles. The van der Waals surface area contributed by atoms with E-state index in [0.29, 0.717) is 0 Å². The summed E-state index contributed by atoms with van der Waals surface area (Å²) in [4.78, 5) is 13.1. The number of nitrogens with zero attached hydrogens (tertiary/aromatic N) is 2. The topological polar surface area (TPSA) is 56.0 Å². The highest BCUT2D eigenvalue weighted by molar-refractivity contribution is 5.66. The molecule has 1 aromatic rings. The molecule has 4 nitrogen and oxygen atoms in total. The van der Waals surface area contributed by atoms with E-state index in [9.17, 15) is 18.0 Å². The molecule has 7 heteroatoms. The zero-order valence-corrected chi connectivity index (χ0v) is 5.63. The number of halogens is 3. The minimum Gasteiger partial charge on any atom is -0.331 e. The van der Waals surface area contributed by atoms with Crippen LogP contribution in [0.5, 0.6) is 0 Å². The lowest BCUT2D eigenvalue weighted by Crippen LogP contribution is -2.12. The average molecular weight is 180 g/mol. The molecule has 0 aromatic carbocycles. The molecular weight excluding hydrogens is 177 g/mol. The van der Waals surface area contributed by atoms with Crippen molar-refractivity contribution in [3.63, 3.8) is 0 Å². The van der Waals surface area contributed by atoms with E-state index in [4.69, 9.17) is 0 Å². The van der Waals surface area contributed by atoms with E-state index in [-0.39, 0.29) is 6.29 Å². The van der Waals surface area contributed by atoms with Gasteiger partial charge in [-0.2, -0.15) is 18.2 Å². The minimum absolute atomic E-state index is 0.187. The quantitative estimate of drug-likeness (QED) is 0.636. The van der Waals surface area contributed by atoms with Crippen LogP contribution in [0.15, 0.2) is 4.52 Å². The van der Waals surface area contributed by atoms with E-state index < -0.39 is 24.3 Å². The number of hydrogen-bond donors (Lipinski definition) is 0. The lowest BCUT2D eigenvalue weighted by molar-refractivity contribution is -0.128. The normalized spacial score (nSPS) is 11.6. The first kappa shape index (κ1) is 8.69. The predicted molar refractivity (Wildman–Crippen MR) is 29.4 cm³/mol. The van der Waals surface area contributed by atoms with E-state index in [2.05, 4.69) is 14.7 Å². The van der Waals surface area contributed by atoms with Gasteiger partial charge in [-0.1, -0.05) is 5.16 Å². The molecule has 0 aliphatic rings. The predicted octanol–water partition coefficient (Wildman–Crippen LogP) is 0.987. The summed E-state index contributed by atoms with van der Waals surface area (Å²) in [5.74, 6) is -0.987. The standard InChI is InChI=1S/C5H3F3N2O2/c6-5(7,8)1-3-9-4(2-11)12-10-3/h2H,1H2. The molecule has 0 amide bonds. The van der Waals surface area contributed by atoms with Gasteiger partial charge in [0, 0.05) is 0 Å². The summed E-state index contributed by atoms with van der Waals surface area (Å²) < 4.78 is 39.1. The maximum Gasteiger partial charge on any atom is 0.396 e. The third kappa shape index (κ3) is 2.33. The van der Waals surface area contributed by atoms with Crippen LogP contribution in [0, 0.1) is 0 Å². The smallest absolute Gasteiger partial charge is 0.331 e. The van der Waals surface area contributed by atoms with E-state index in [1.54, 1.807) is 0 Å². The van der Waals surface area contributed by atoms with Gasteiger partial charge in [0.1, 0.15) is 6.42 Å². The highest BCUT2D eigenvalue weighted by Crippen LogP contribution is 2.19. The monoisotopic (exact) mass is 180 g/mol. The first-order valence-electron chi connectivity index (χ1n) is 2.86. The van der Waals surface area contributed by atoms with Gasteiger partial charge in [0.2, 0.25) is 6.29 Å². The van der Waals surface area contributed by atoms with Crippen molar-refractivity contribution in [2.45, 2.75) is 12.6 Å². The van der Waals surface area contributed by atoms with Gasteiger partial charge >= 0.3 is 6.18 Å². The zero-order valence-electron chi connectivity index (χ0n) is 5.63. The molecule has 0 aliphatic heterocycles. The Morgan fingerprint density at radius 1 is 1.50 bits per heavy atom. The van der Waals surface area contributed by atoms with Gasteiger partial charge < -0.3 is 4.52 Å². The summed E-state index contributed by atoms with van der Waals surface area (Å²) in [6.45, 7) is 0. The molecule has 1 aromatic heterocycles. The molecule has 12 heavy (non-hydrogen) atoms. The number of alkyl halides is 3. The van der Waals surface area contributed by atoms with Gasteiger partial charge in [-0.05, 0) is 0 Å². The van der Waals surface area contributed by atoms with Crippen LogP contribution in [-0.4, -0.2) is 22.6 Å². The second kappa shape index (κ2) is 2.92. The van der Waals surface area contributed by atoms with E-state index in [1.807, 2.05) is 0 Å². The summed E-state index contributed by atoms with van der Waals surface area (Å²) in [7, 11) is 0. The fraction of sp³-hybridized carbons (Fsp3) is 0.400. The maximum absolute atomic E-state index is 11.6. The molecule has 1 rings (SSSR count). The SMILES string of the molecule is O=Cc1nc(CC(F)(F)F)no1. The number of aldehydes is 1. The van der Waals surface area contributed by atoms with Crippen molar-refractivity contribution in [2.75, 3.05) is 0 Å². The highest BCUT2D eigenvalue weighted by atomic mass is 19.4. The molecule has 1 heterocycles. The van der Waals surface area contributed by atoms with Crippen molar-refractivity contribution in [2.24, 2.45) is 0 Å². The highest BCUT2D eigenvalue weighted by Gasteiger charge is 2.30.